The molecular weight excluding hydrogens is 182 g/mol. The van der Waals surface area contributed by atoms with Crippen molar-refractivity contribution >= 4 is 23.5 Å². The number of fused-ring (bicyclic) bond motifs is 1. The second kappa shape index (κ2) is 2.85. The van der Waals surface area contributed by atoms with E-state index >= 15 is 0 Å². The number of rotatable bonds is 1. The van der Waals surface area contributed by atoms with E-state index in [1.54, 1.807) is 0 Å². The van der Waals surface area contributed by atoms with Gasteiger partial charge in [0.15, 0.2) is 0 Å². The van der Waals surface area contributed by atoms with Crippen molar-refractivity contribution in [2.24, 2.45) is 4.99 Å². The van der Waals surface area contributed by atoms with Crippen molar-refractivity contribution in [1.82, 2.24) is 0 Å². The molecule has 0 bridgehead atoms. The van der Waals surface area contributed by atoms with Gasteiger partial charge in [-0.3, -0.25) is 4.99 Å². The molecule has 0 aliphatic carbocycles. The van der Waals surface area contributed by atoms with E-state index in [0.717, 1.165) is 17.1 Å². The van der Waals surface area contributed by atoms with Crippen LogP contribution in [0.15, 0.2) is 23.2 Å². The molecule has 68 valence electrons. The largest absolute Gasteiger partial charge is 0.260 e. The van der Waals surface area contributed by atoms with E-state index < -0.39 is 0 Å². The zero-order valence-electron chi connectivity index (χ0n) is 7.84. The molecule has 0 fully saturated rings. The van der Waals surface area contributed by atoms with Crippen molar-refractivity contribution in [3.8, 4) is 0 Å². The highest BCUT2D eigenvalue weighted by Gasteiger charge is 2.29. The minimum atomic E-state index is 0.0836. The summed E-state index contributed by atoms with van der Waals surface area (Å²) in [5.74, 6) is 0. The number of benzene rings is 1. The van der Waals surface area contributed by atoms with Gasteiger partial charge in [0, 0.05) is 16.7 Å². The maximum absolute atomic E-state index is 5.95. The molecule has 13 heavy (non-hydrogen) atoms. The van der Waals surface area contributed by atoms with E-state index in [0.29, 0.717) is 0 Å². The molecule has 0 aromatic heterocycles. The van der Waals surface area contributed by atoms with Crippen LogP contribution in [-0.2, 0) is 5.41 Å². The lowest BCUT2D eigenvalue weighted by atomic mass is 9.82. The summed E-state index contributed by atoms with van der Waals surface area (Å²) in [6.45, 7) is 4.36. The molecule has 1 aromatic rings. The lowest BCUT2D eigenvalue weighted by molar-refractivity contribution is 0.638. The van der Waals surface area contributed by atoms with Gasteiger partial charge in [0.2, 0.25) is 0 Å². The first-order chi connectivity index (χ1) is 6.15. The smallest absolute Gasteiger partial charge is 0.0668 e. The van der Waals surface area contributed by atoms with Gasteiger partial charge in [-0.15, -0.1) is 0 Å². The Labute approximate surface area is 83.4 Å². The molecule has 1 nitrogen and oxygen atoms in total. The Morgan fingerprint density at radius 3 is 2.92 bits per heavy atom. The van der Waals surface area contributed by atoms with Crippen LogP contribution in [0.5, 0.6) is 0 Å². The quantitative estimate of drug-likeness (QED) is 0.645. The molecule has 0 saturated heterocycles. The molecule has 0 radical (unpaired) electrons. The van der Waals surface area contributed by atoms with Crippen molar-refractivity contribution in [1.29, 1.82) is 0 Å². The lowest BCUT2D eigenvalue weighted by Gasteiger charge is -2.19. The first-order valence-corrected chi connectivity index (χ1v) is 4.89. The molecule has 1 unspecified atom stereocenters. The van der Waals surface area contributed by atoms with Crippen molar-refractivity contribution < 1.29 is 0 Å². The van der Waals surface area contributed by atoms with E-state index in [2.05, 4.69) is 18.8 Å². The summed E-state index contributed by atoms with van der Waals surface area (Å²) >= 11 is 5.95. The molecule has 0 saturated carbocycles. The Bertz CT molecular complexity index is 370. The van der Waals surface area contributed by atoms with Crippen molar-refractivity contribution in [3.63, 3.8) is 0 Å². The molecule has 2 heteroatoms. The molecule has 1 atom stereocenters. The highest BCUT2D eigenvalue weighted by Crippen LogP contribution is 2.39. The molecule has 2 rings (SSSR count). The summed E-state index contributed by atoms with van der Waals surface area (Å²) in [5.41, 5.74) is 2.40. The maximum Gasteiger partial charge on any atom is 0.0668 e. The highest BCUT2D eigenvalue weighted by molar-refractivity contribution is 6.30. The second-order valence-electron chi connectivity index (χ2n) is 3.69. The Hall–Kier alpha value is -0.820. The van der Waals surface area contributed by atoms with Crippen LogP contribution >= 0.6 is 11.6 Å². The van der Waals surface area contributed by atoms with Gasteiger partial charge >= 0.3 is 0 Å². The van der Waals surface area contributed by atoms with Crippen LogP contribution in [-0.4, -0.2) is 6.21 Å². The van der Waals surface area contributed by atoms with Gasteiger partial charge in [-0.25, -0.2) is 0 Å². The van der Waals surface area contributed by atoms with E-state index in [4.69, 9.17) is 11.6 Å². The van der Waals surface area contributed by atoms with Crippen molar-refractivity contribution in [2.45, 2.75) is 25.7 Å². The van der Waals surface area contributed by atoms with Crippen LogP contribution in [0.25, 0.3) is 0 Å². The Balaban J connectivity index is 2.57. The summed E-state index contributed by atoms with van der Waals surface area (Å²) in [6.07, 6.45) is 3.08. The Kier molecular flexibility index (Phi) is 1.92. The van der Waals surface area contributed by atoms with Crippen LogP contribution in [0, 0.1) is 0 Å². The van der Waals surface area contributed by atoms with Crippen LogP contribution in [0.2, 0.25) is 5.02 Å². The fourth-order valence-corrected chi connectivity index (χ4v) is 1.81. The number of hydrogen-bond acceptors (Lipinski definition) is 1. The minimum Gasteiger partial charge on any atom is -0.260 e. The van der Waals surface area contributed by atoms with E-state index in [-0.39, 0.29) is 5.41 Å². The van der Waals surface area contributed by atoms with Gasteiger partial charge in [-0.05, 0) is 30.2 Å². The number of hydrogen-bond donors (Lipinski definition) is 0. The fraction of sp³-hybridized carbons (Fsp3) is 0.364. The molecule has 1 aromatic carbocycles. The number of nitrogens with zero attached hydrogens (tertiary/aromatic N) is 1. The normalized spacial score (nSPS) is 24.8. The van der Waals surface area contributed by atoms with Crippen molar-refractivity contribution in [3.05, 3.63) is 28.8 Å². The third-order valence-corrected chi connectivity index (χ3v) is 3.03. The first-order valence-electron chi connectivity index (χ1n) is 4.51. The van der Waals surface area contributed by atoms with Crippen molar-refractivity contribution in [2.75, 3.05) is 0 Å². The molecule has 0 amide bonds. The van der Waals surface area contributed by atoms with Gasteiger partial charge in [0.1, 0.15) is 0 Å². The topological polar surface area (TPSA) is 12.4 Å². The monoisotopic (exact) mass is 193 g/mol. The zero-order valence-corrected chi connectivity index (χ0v) is 8.60. The van der Waals surface area contributed by atoms with Gasteiger partial charge in [-0.1, -0.05) is 25.4 Å². The average Bonchev–Trinajstić information content (AvgIpc) is 2.45. The molecule has 1 heterocycles. The molecule has 1 aliphatic heterocycles. The van der Waals surface area contributed by atoms with Crippen LogP contribution in [0.4, 0.5) is 5.69 Å². The molecular formula is C11H12ClN. The van der Waals surface area contributed by atoms with Gasteiger partial charge in [0.25, 0.3) is 0 Å². The summed E-state index contributed by atoms with van der Waals surface area (Å²) in [6, 6.07) is 5.89. The lowest BCUT2D eigenvalue weighted by Crippen LogP contribution is -2.18. The predicted octanol–water partition coefficient (Wildman–Crippen LogP) is 3.72. The molecule has 0 spiro atoms. The van der Waals surface area contributed by atoms with Crippen LogP contribution in [0.3, 0.4) is 0 Å². The SMILES string of the molecule is CCC1(C)C=Nc2ccc(Cl)cc21. The third kappa shape index (κ3) is 1.28. The van der Waals surface area contributed by atoms with Crippen LogP contribution in [0.1, 0.15) is 25.8 Å². The first kappa shape index (κ1) is 8.76. The van der Waals surface area contributed by atoms with Gasteiger partial charge in [-0.2, -0.15) is 0 Å². The summed E-state index contributed by atoms with van der Waals surface area (Å²) in [5, 5.41) is 0.795. The van der Waals surface area contributed by atoms with Gasteiger partial charge in [0.05, 0.1) is 5.69 Å². The number of aliphatic imine (C=N–C) groups is 1. The average molecular weight is 194 g/mol. The zero-order chi connectivity index (χ0) is 9.47. The highest BCUT2D eigenvalue weighted by atomic mass is 35.5. The molecule has 0 N–H and O–H groups in total. The Morgan fingerprint density at radius 1 is 1.46 bits per heavy atom. The molecule has 1 aliphatic rings. The van der Waals surface area contributed by atoms with Crippen LogP contribution < -0.4 is 0 Å². The minimum absolute atomic E-state index is 0.0836. The Morgan fingerprint density at radius 2 is 2.23 bits per heavy atom. The van der Waals surface area contributed by atoms with E-state index in [1.165, 1.54) is 5.56 Å². The summed E-state index contributed by atoms with van der Waals surface area (Å²) < 4.78 is 0. The third-order valence-electron chi connectivity index (χ3n) is 2.80. The predicted molar refractivity (Wildman–Crippen MR) is 57.2 cm³/mol. The number of halogens is 1. The fourth-order valence-electron chi connectivity index (χ4n) is 1.64. The standard InChI is InChI=1S/C11H12ClN/c1-3-11(2)7-13-10-5-4-8(12)6-9(10)11/h4-7H,3H2,1-2H3. The van der Waals surface area contributed by atoms with Gasteiger partial charge < -0.3 is 0 Å². The maximum atomic E-state index is 5.95. The van der Waals surface area contributed by atoms with E-state index in [1.807, 2.05) is 24.4 Å². The van der Waals surface area contributed by atoms with E-state index in [9.17, 15) is 0 Å². The summed E-state index contributed by atoms with van der Waals surface area (Å²) in [7, 11) is 0. The second-order valence-corrected chi connectivity index (χ2v) is 4.13. The summed E-state index contributed by atoms with van der Waals surface area (Å²) in [4.78, 5) is 4.38.